The predicted molar refractivity (Wildman–Crippen MR) is 41.9 cm³/mol. The highest BCUT2D eigenvalue weighted by molar-refractivity contribution is 7.21. The summed E-state index contributed by atoms with van der Waals surface area (Å²) < 4.78 is 6.76. The van der Waals surface area contributed by atoms with Crippen LogP contribution in [0.3, 0.4) is 0 Å². The smallest absolute Gasteiger partial charge is 0.182 e. The van der Waals surface area contributed by atoms with E-state index in [1.165, 1.54) is 10.1 Å². The van der Waals surface area contributed by atoms with Gasteiger partial charge >= 0.3 is 0 Å². The van der Waals surface area contributed by atoms with Gasteiger partial charge in [-0.05, 0) is 23.6 Å². The van der Waals surface area contributed by atoms with E-state index < -0.39 is 0 Å². The van der Waals surface area contributed by atoms with Crippen molar-refractivity contribution in [2.45, 2.75) is 0 Å². The fourth-order valence-corrected chi connectivity index (χ4v) is 2.18. The van der Waals surface area contributed by atoms with E-state index >= 15 is 0 Å². The van der Waals surface area contributed by atoms with Gasteiger partial charge in [-0.15, -0.1) is 0 Å². The zero-order valence-electron chi connectivity index (χ0n) is 5.13. The van der Waals surface area contributed by atoms with Crippen LogP contribution in [0.15, 0.2) is 24.3 Å². The largest absolute Gasteiger partial charge is 0.447 e. The zero-order valence-corrected chi connectivity index (χ0v) is 5.94. The molecule has 0 fully saturated rings. The molecule has 1 aromatic carbocycles. The van der Waals surface area contributed by atoms with E-state index in [1.807, 2.05) is 6.07 Å². The van der Waals surface area contributed by atoms with Crippen LogP contribution in [0.2, 0.25) is 0 Å². The highest BCUT2D eigenvalue weighted by Crippen LogP contribution is 2.41. The second kappa shape index (κ2) is 1.35. The van der Waals surface area contributed by atoms with E-state index in [1.54, 1.807) is 11.3 Å². The van der Waals surface area contributed by atoms with Crippen LogP contribution in [0.5, 0.6) is 10.8 Å². The zero-order chi connectivity index (χ0) is 6.55. The number of hydrogen-bond acceptors (Lipinski definition) is 2. The van der Waals surface area contributed by atoms with Crippen LogP contribution >= 0.6 is 11.3 Å². The van der Waals surface area contributed by atoms with Gasteiger partial charge in [0.05, 0.1) is 0 Å². The lowest BCUT2D eigenvalue weighted by atomic mass is 10.3. The molecular formula is C8H4OS. The molecule has 1 aromatic heterocycles. The lowest BCUT2D eigenvalue weighted by Gasteiger charge is -2.02. The van der Waals surface area contributed by atoms with Crippen LogP contribution in [0.25, 0.3) is 10.1 Å². The van der Waals surface area contributed by atoms with Gasteiger partial charge in [-0.2, -0.15) is 0 Å². The predicted octanol–water partition coefficient (Wildman–Crippen LogP) is 3.01. The van der Waals surface area contributed by atoms with E-state index in [-0.39, 0.29) is 0 Å². The number of benzene rings is 1. The van der Waals surface area contributed by atoms with Gasteiger partial charge in [0.25, 0.3) is 0 Å². The van der Waals surface area contributed by atoms with Gasteiger partial charge in [-0.1, -0.05) is 11.3 Å². The monoisotopic (exact) mass is 148 g/mol. The van der Waals surface area contributed by atoms with E-state index in [0.717, 1.165) is 10.8 Å². The SMILES string of the molecule is c1cc2cc3sc2cc1O3. The Morgan fingerprint density at radius 3 is 3.20 bits per heavy atom. The third-order valence-electron chi connectivity index (χ3n) is 1.69. The standard InChI is InChI=1S/C8H4OS/c1-2-6-4-7-5(1)3-8(9-6)10-7/h1-4H. The summed E-state index contributed by atoms with van der Waals surface area (Å²) in [6, 6.07) is 8.25. The molecule has 0 N–H and O–H groups in total. The molecule has 48 valence electrons. The van der Waals surface area contributed by atoms with Crippen molar-refractivity contribution in [1.29, 1.82) is 0 Å². The molecule has 2 aromatic rings. The van der Waals surface area contributed by atoms with Crippen LogP contribution in [0.4, 0.5) is 0 Å². The number of thiophene rings is 1. The van der Waals surface area contributed by atoms with Crippen LogP contribution in [0.1, 0.15) is 0 Å². The average molecular weight is 148 g/mol. The number of fused-ring (bicyclic) bond motifs is 2. The summed E-state index contributed by atoms with van der Waals surface area (Å²) in [5.74, 6) is 0.973. The highest BCUT2D eigenvalue weighted by Gasteiger charge is 2.10. The average Bonchev–Trinajstić information content (AvgIpc) is 2.11. The summed E-state index contributed by atoms with van der Waals surface area (Å²) in [5, 5.41) is 2.31. The Balaban J connectivity index is 2.71. The van der Waals surface area contributed by atoms with Crippen LogP contribution in [0, 0.1) is 0 Å². The molecule has 0 radical (unpaired) electrons. The molecule has 0 saturated heterocycles. The first-order chi connectivity index (χ1) is 4.92. The number of rotatable bonds is 0. The third kappa shape index (κ3) is 0.434. The summed E-state index contributed by atoms with van der Waals surface area (Å²) in [7, 11) is 0. The van der Waals surface area contributed by atoms with Crippen LogP contribution in [-0.4, -0.2) is 0 Å². The van der Waals surface area contributed by atoms with E-state index in [2.05, 4.69) is 18.2 Å². The Hall–Kier alpha value is -1.02. The minimum atomic E-state index is 0.973. The maximum Gasteiger partial charge on any atom is 0.182 e. The summed E-state index contributed by atoms with van der Waals surface area (Å²) >= 11 is 1.71. The third-order valence-corrected chi connectivity index (χ3v) is 2.66. The van der Waals surface area contributed by atoms with Crippen molar-refractivity contribution in [3.8, 4) is 10.8 Å². The molecule has 3 rings (SSSR count). The molecule has 1 aliphatic heterocycles. The second-order valence-electron chi connectivity index (χ2n) is 2.37. The minimum Gasteiger partial charge on any atom is -0.447 e. The molecule has 0 saturated carbocycles. The fraction of sp³-hybridized carbons (Fsp3) is 0. The molecule has 0 atom stereocenters. The van der Waals surface area contributed by atoms with Gasteiger partial charge in [0.1, 0.15) is 5.75 Å². The molecule has 0 spiro atoms. The Kier molecular flexibility index (Phi) is 0.640. The molecule has 0 unspecified atom stereocenters. The molecule has 0 aliphatic carbocycles. The normalized spacial score (nSPS) is 12.8. The van der Waals surface area contributed by atoms with Crippen molar-refractivity contribution >= 4 is 21.4 Å². The van der Waals surface area contributed by atoms with Gasteiger partial charge in [-0.3, -0.25) is 0 Å². The molecular weight excluding hydrogens is 144 g/mol. The van der Waals surface area contributed by atoms with Gasteiger partial charge < -0.3 is 4.74 Å². The maximum atomic E-state index is 5.42. The fourth-order valence-electron chi connectivity index (χ4n) is 1.22. The Morgan fingerprint density at radius 1 is 1.20 bits per heavy atom. The molecule has 2 heteroatoms. The lowest BCUT2D eigenvalue weighted by molar-refractivity contribution is 0.498. The Morgan fingerprint density at radius 2 is 2.20 bits per heavy atom. The van der Waals surface area contributed by atoms with Gasteiger partial charge in [0, 0.05) is 10.8 Å². The van der Waals surface area contributed by atoms with E-state index in [0.29, 0.717) is 0 Å². The Labute approximate surface area is 61.9 Å². The molecule has 1 nitrogen and oxygen atoms in total. The van der Waals surface area contributed by atoms with Gasteiger partial charge in [0.2, 0.25) is 0 Å². The summed E-state index contributed by atoms with van der Waals surface area (Å²) in [4.78, 5) is 0. The maximum absolute atomic E-state index is 5.42. The Bertz CT molecular complexity index is 389. The topological polar surface area (TPSA) is 9.23 Å². The van der Waals surface area contributed by atoms with Gasteiger partial charge in [-0.25, -0.2) is 0 Å². The molecule has 1 aliphatic rings. The first-order valence-electron chi connectivity index (χ1n) is 3.13. The number of ether oxygens (including phenoxy) is 1. The molecule has 3 bridgehead atoms. The van der Waals surface area contributed by atoms with Crippen LogP contribution in [-0.2, 0) is 0 Å². The first-order valence-corrected chi connectivity index (χ1v) is 3.95. The molecule has 2 heterocycles. The number of hydrogen-bond donors (Lipinski definition) is 0. The molecule has 0 amide bonds. The summed E-state index contributed by atoms with van der Waals surface area (Å²) in [6.45, 7) is 0. The quantitative estimate of drug-likeness (QED) is 0.476. The van der Waals surface area contributed by atoms with E-state index in [4.69, 9.17) is 4.74 Å². The van der Waals surface area contributed by atoms with Gasteiger partial charge in [0.15, 0.2) is 5.06 Å². The summed E-state index contributed by atoms with van der Waals surface area (Å²) in [6.07, 6.45) is 0. The van der Waals surface area contributed by atoms with Crippen molar-refractivity contribution in [2.24, 2.45) is 0 Å². The van der Waals surface area contributed by atoms with E-state index in [9.17, 15) is 0 Å². The van der Waals surface area contributed by atoms with Crippen molar-refractivity contribution in [2.75, 3.05) is 0 Å². The molecule has 10 heavy (non-hydrogen) atoms. The van der Waals surface area contributed by atoms with Crippen molar-refractivity contribution in [1.82, 2.24) is 0 Å². The highest BCUT2D eigenvalue weighted by atomic mass is 32.1. The van der Waals surface area contributed by atoms with Crippen molar-refractivity contribution in [3.05, 3.63) is 24.3 Å². The first kappa shape index (κ1) is 4.74. The van der Waals surface area contributed by atoms with Crippen molar-refractivity contribution in [3.63, 3.8) is 0 Å². The second-order valence-corrected chi connectivity index (χ2v) is 3.41. The minimum absolute atomic E-state index is 0.973. The lowest BCUT2D eigenvalue weighted by Crippen LogP contribution is -1.78. The summed E-state index contributed by atoms with van der Waals surface area (Å²) in [5.41, 5.74) is 0. The van der Waals surface area contributed by atoms with Crippen molar-refractivity contribution < 1.29 is 4.74 Å². The van der Waals surface area contributed by atoms with Crippen LogP contribution < -0.4 is 4.74 Å².